The number of hydrogen-bond donors (Lipinski definition) is 1. The molecule has 0 aliphatic rings. The van der Waals surface area contributed by atoms with Crippen LogP contribution in [-0.4, -0.2) is 4.98 Å². The summed E-state index contributed by atoms with van der Waals surface area (Å²) in [7, 11) is 0. The summed E-state index contributed by atoms with van der Waals surface area (Å²) < 4.78 is 0. The van der Waals surface area contributed by atoms with Crippen LogP contribution in [0.25, 0.3) is 0 Å². The second-order valence-corrected chi connectivity index (χ2v) is 6.25. The van der Waals surface area contributed by atoms with Gasteiger partial charge >= 0.3 is 0 Å². The zero-order valence-corrected chi connectivity index (χ0v) is 12.9. The van der Waals surface area contributed by atoms with E-state index in [0.717, 1.165) is 17.7 Å². The number of pyridine rings is 1. The minimum absolute atomic E-state index is 0.153. The molecular formula is C18H24N2. The second kappa shape index (κ2) is 5.76. The summed E-state index contributed by atoms with van der Waals surface area (Å²) in [6.45, 7) is 8.79. The lowest BCUT2D eigenvalue weighted by Gasteiger charge is -2.20. The fourth-order valence-electron chi connectivity index (χ4n) is 2.38. The van der Waals surface area contributed by atoms with E-state index in [2.05, 4.69) is 63.0 Å². The maximum atomic E-state index is 6.39. The largest absolute Gasteiger partial charge is 0.319 e. The van der Waals surface area contributed by atoms with Crippen molar-refractivity contribution in [3.05, 3.63) is 65.0 Å². The van der Waals surface area contributed by atoms with E-state index in [1.807, 2.05) is 12.3 Å². The molecule has 1 heterocycles. The monoisotopic (exact) mass is 268 g/mol. The third-order valence-corrected chi connectivity index (χ3v) is 3.74. The van der Waals surface area contributed by atoms with E-state index in [9.17, 15) is 0 Å². The first-order chi connectivity index (χ1) is 9.43. The maximum Gasteiger partial charge on any atom is 0.0729 e. The Labute approximate surface area is 122 Å². The van der Waals surface area contributed by atoms with Crippen molar-refractivity contribution in [3.63, 3.8) is 0 Å². The van der Waals surface area contributed by atoms with Gasteiger partial charge in [-0.3, -0.25) is 4.98 Å². The van der Waals surface area contributed by atoms with E-state index in [0.29, 0.717) is 0 Å². The Bertz CT molecular complexity index is 565. The quantitative estimate of drug-likeness (QED) is 0.914. The zero-order chi connectivity index (χ0) is 14.8. The van der Waals surface area contributed by atoms with Crippen LogP contribution in [0.5, 0.6) is 0 Å². The van der Waals surface area contributed by atoms with E-state index in [1.54, 1.807) is 0 Å². The lowest BCUT2D eigenvalue weighted by Crippen LogP contribution is -2.16. The normalized spacial score (nSPS) is 13.2. The predicted octanol–water partition coefficient (Wildman–Crippen LogP) is 3.99. The first-order valence-corrected chi connectivity index (χ1v) is 7.23. The summed E-state index contributed by atoms with van der Waals surface area (Å²) in [6, 6.07) is 12.5. The highest BCUT2D eigenvalue weighted by Gasteiger charge is 2.16. The Morgan fingerprint density at radius 3 is 2.30 bits per heavy atom. The van der Waals surface area contributed by atoms with Gasteiger partial charge in [0.25, 0.3) is 0 Å². The molecule has 0 aliphatic carbocycles. The molecule has 1 aromatic carbocycles. The Hall–Kier alpha value is -1.67. The molecule has 2 aromatic rings. The molecule has 1 aromatic heterocycles. The molecule has 0 saturated heterocycles. The minimum Gasteiger partial charge on any atom is -0.319 e. The van der Waals surface area contributed by atoms with E-state index in [4.69, 9.17) is 5.73 Å². The molecule has 0 saturated carbocycles. The van der Waals surface area contributed by atoms with Crippen molar-refractivity contribution in [2.24, 2.45) is 5.73 Å². The molecule has 2 heteroatoms. The molecule has 0 amide bonds. The lowest BCUT2D eigenvalue weighted by molar-refractivity contribution is 0.589. The number of hydrogen-bond acceptors (Lipinski definition) is 2. The van der Waals surface area contributed by atoms with Crippen LogP contribution in [0.4, 0.5) is 0 Å². The zero-order valence-electron chi connectivity index (χ0n) is 12.9. The van der Waals surface area contributed by atoms with Gasteiger partial charge in [0.15, 0.2) is 0 Å². The Morgan fingerprint density at radius 2 is 1.75 bits per heavy atom. The van der Waals surface area contributed by atoms with Crippen molar-refractivity contribution in [2.45, 2.75) is 45.6 Å². The van der Waals surface area contributed by atoms with Crippen LogP contribution in [0.2, 0.25) is 0 Å². The fraction of sp³-hybridized carbons (Fsp3) is 0.389. The topological polar surface area (TPSA) is 38.9 Å². The molecular weight excluding hydrogens is 244 g/mol. The van der Waals surface area contributed by atoms with Crippen molar-refractivity contribution in [1.29, 1.82) is 0 Å². The van der Waals surface area contributed by atoms with Crippen molar-refractivity contribution >= 4 is 0 Å². The van der Waals surface area contributed by atoms with Crippen LogP contribution in [0.1, 0.15) is 56.1 Å². The lowest BCUT2D eigenvalue weighted by atomic mass is 9.86. The van der Waals surface area contributed by atoms with E-state index in [1.165, 1.54) is 11.1 Å². The number of nitrogens with zero attached hydrogens (tertiary/aromatic N) is 1. The van der Waals surface area contributed by atoms with Crippen LogP contribution >= 0.6 is 0 Å². The summed E-state index contributed by atoms with van der Waals surface area (Å²) in [5.41, 5.74) is 11.2. The second-order valence-electron chi connectivity index (χ2n) is 6.25. The summed E-state index contributed by atoms with van der Waals surface area (Å²) >= 11 is 0. The smallest absolute Gasteiger partial charge is 0.0729 e. The van der Waals surface area contributed by atoms with E-state index < -0.39 is 0 Å². The van der Waals surface area contributed by atoms with Crippen molar-refractivity contribution in [2.75, 3.05) is 0 Å². The minimum atomic E-state index is -0.153. The number of rotatable bonds is 3. The third-order valence-electron chi connectivity index (χ3n) is 3.74. The van der Waals surface area contributed by atoms with Crippen molar-refractivity contribution in [3.8, 4) is 0 Å². The fourth-order valence-corrected chi connectivity index (χ4v) is 2.38. The highest BCUT2D eigenvalue weighted by Crippen LogP contribution is 2.26. The molecule has 2 rings (SSSR count). The van der Waals surface area contributed by atoms with Crippen LogP contribution in [0.3, 0.4) is 0 Å². The van der Waals surface area contributed by atoms with Gasteiger partial charge in [0.2, 0.25) is 0 Å². The molecule has 0 radical (unpaired) electrons. The molecule has 2 nitrogen and oxygen atoms in total. The van der Waals surface area contributed by atoms with Crippen LogP contribution in [-0.2, 0) is 11.8 Å². The molecule has 1 unspecified atom stereocenters. The van der Waals surface area contributed by atoms with Gasteiger partial charge in [-0.2, -0.15) is 0 Å². The molecule has 0 aliphatic heterocycles. The summed E-state index contributed by atoms with van der Waals surface area (Å²) in [4.78, 5) is 4.47. The summed E-state index contributed by atoms with van der Waals surface area (Å²) in [5, 5.41) is 0. The van der Waals surface area contributed by atoms with Gasteiger partial charge in [0, 0.05) is 6.20 Å². The molecule has 0 spiro atoms. The molecule has 2 N–H and O–H groups in total. The van der Waals surface area contributed by atoms with Gasteiger partial charge in [0.1, 0.15) is 0 Å². The summed E-state index contributed by atoms with van der Waals surface area (Å²) in [5.74, 6) is 0. The average molecular weight is 268 g/mol. The maximum absolute atomic E-state index is 6.39. The van der Waals surface area contributed by atoms with Gasteiger partial charge < -0.3 is 5.73 Å². The van der Waals surface area contributed by atoms with Gasteiger partial charge in [-0.25, -0.2) is 0 Å². The summed E-state index contributed by atoms with van der Waals surface area (Å²) in [6.07, 6.45) is 2.77. The van der Waals surface area contributed by atoms with Gasteiger partial charge in [0.05, 0.1) is 11.7 Å². The Kier molecular flexibility index (Phi) is 4.24. The first-order valence-electron chi connectivity index (χ1n) is 7.23. The molecule has 0 fully saturated rings. The number of nitrogens with two attached hydrogens (primary N) is 1. The van der Waals surface area contributed by atoms with Crippen LogP contribution in [0.15, 0.2) is 42.6 Å². The van der Waals surface area contributed by atoms with Gasteiger partial charge in [-0.15, -0.1) is 0 Å². The van der Waals surface area contributed by atoms with Crippen LogP contribution < -0.4 is 5.73 Å². The van der Waals surface area contributed by atoms with Gasteiger partial charge in [-0.1, -0.05) is 58.0 Å². The Morgan fingerprint density at radius 1 is 1.10 bits per heavy atom. The van der Waals surface area contributed by atoms with Crippen molar-refractivity contribution < 1.29 is 0 Å². The average Bonchev–Trinajstić information content (AvgIpc) is 2.45. The SMILES string of the molecule is CCc1cccnc1C(N)c1ccc(C(C)(C)C)cc1. The molecule has 106 valence electrons. The predicted molar refractivity (Wildman–Crippen MR) is 84.8 cm³/mol. The van der Waals surface area contributed by atoms with Gasteiger partial charge in [-0.05, 0) is 34.6 Å². The third kappa shape index (κ3) is 3.07. The molecule has 0 bridgehead atoms. The number of aromatic nitrogens is 1. The number of aryl methyl sites for hydroxylation is 1. The van der Waals surface area contributed by atoms with E-state index >= 15 is 0 Å². The first kappa shape index (κ1) is 14.7. The van der Waals surface area contributed by atoms with Crippen LogP contribution in [0, 0.1) is 0 Å². The van der Waals surface area contributed by atoms with E-state index in [-0.39, 0.29) is 11.5 Å². The molecule has 1 atom stereocenters. The highest BCUT2D eigenvalue weighted by molar-refractivity contribution is 5.35. The number of benzene rings is 1. The standard InChI is InChI=1S/C18H24N2/c1-5-13-7-6-12-20-17(13)16(19)14-8-10-15(11-9-14)18(2,3)4/h6-12,16H,5,19H2,1-4H3. The highest BCUT2D eigenvalue weighted by atomic mass is 14.8. The van der Waals surface area contributed by atoms with Crippen molar-refractivity contribution in [1.82, 2.24) is 4.98 Å². The molecule has 20 heavy (non-hydrogen) atoms. The Balaban J connectivity index is 2.32.